The molecule has 1 amide bonds. The van der Waals surface area contributed by atoms with E-state index in [0.717, 1.165) is 31.4 Å². The molecule has 2 aromatic heterocycles. The minimum absolute atomic E-state index is 0.154. The monoisotopic (exact) mass is 503 g/mol. The summed E-state index contributed by atoms with van der Waals surface area (Å²) in [7, 11) is 0. The third-order valence-electron chi connectivity index (χ3n) is 6.31. The fraction of sp³-hybridized carbons (Fsp3) is 0.538. The molecule has 1 aromatic carbocycles. The molecule has 7 nitrogen and oxygen atoms in total. The first-order chi connectivity index (χ1) is 17.2. The van der Waals surface area contributed by atoms with E-state index in [2.05, 4.69) is 35.8 Å². The van der Waals surface area contributed by atoms with Gasteiger partial charge in [0.15, 0.2) is 0 Å². The number of rotatable bonds is 7. The highest BCUT2D eigenvalue weighted by Gasteiger charge is 2.32. The molecule has 1 fully saturated rings. The number of carbonyl (C=O) groups is 1. The van der Waals surface area contributed by atoms with Crippen LogP contribution < -0.4 is 4.90 Å². The number of hydrogen-bond acceptors (Lipinski definition) is 6. The summed E-state index contributed by atoms with van der Waals surface area (Å²) in [5.74, 6) is 1.64. The number of fused-ring (bicyclic) bond motifs is 1. The van der Waals surface area contributed by atoms with Crippen molar-refractivity contribution >= 4 is 22.8 Å². The molecule has 1 aliphatic heterocycles. The lowest BCUT2D eigenvalue weighted by Gasteiger charge is -2.24. The van der Waals surface area contributed by atoms with E-state index in [1.807, 2.05) is 4.90 Å². The topological polar surface area (TPSA) is 75.4 Å². The van der Waals surface area contributed by atoms with Crippen molar-refractivity contribution in [2.24, 2.45) is 5.92 Å². The summed E-state index contributed by atoms with van der Waals surface area (Å²) in [6, 6.07) is 5.04. The Morgan fingerprint density at radius 1 is 1.14 bits per heavy atom. The number of aromatic nitrogens is 3. The van der Waals surface area contributed by atoms with Crippen LogP contribution in [-0.4, -0.2) is 52.1 Å². The molecule has 0 unspecified atom stereocenters. The second kappa shape index (κ2) is 10.8. The Labute approximate surface area is 208 Å². The lowest BCUT2D eigenvalue weighted by molar-refractivity contribution is -0.137. The Kier molecular flexibility index (Phi) is 7.80. The van der Waals surface area contributed by atoms with Crippen molar-refractivity contribution in [3.63, 3.8) is 0 Å². The fourth-order valence-electron chi connectivity index (χ4n) is 4.47. The van der Waals surface area contributed by atoms with E-state index < -0.39 is 11.7 Å². The maximum absolute atomic E-state index is 13.4. The van der Waals surface area contributed by atoms with E-state index in [0.29, 0.717) is 62.0 Å². The van der Waals surface area contributed by atoms with Crippen molar-refractivity contribution in [3.8, 4) is 11.3 Å². The Morgan fingerprint density at radius 3 is 2.67 bits per heavy atom. The number of halogens is 3. The highest BCUT2D eigenvalue weighted by molar-refractivity contribution is 5.98. The largest absolute Gasteiger partial charge is 0.416 e. The van der Waals surface area contributed by atoms with Crippen LogP contribution in [0.2, 0.25) is 0 Å². The number of hydrogen-bond donors (Lipinski definition) is 0. The number of alkyl halides is 3. The molecule has 3 heterocycles. The van der Waals surface area contributed by atoms with E-state index in [1.165, 1.54) is 6.07 Å². The van der Waals surface area contributed by atoms with E-state index in [1.54, 1.807) is 6.07 Å². The highest BCUT2D eigenvalue weighted by atomic mass is 19.4. The summed E-state index contributed by atoms with van der Waals surface area (Å²) in [5.41, 5.74) is 0.0628. The Balaban J connectivity index is 1.74. The van der Waals surface area contributed by atoms with Gasteiger partial charge in [0.05, 0.1) is 5.56 Å². The number of anilines is 1. The first-order valence-corrected chi connectivity index (χ1v) is 12.5. The summed E-state index contributed by atoms with van der Waals surface area (Å²) < 4.78 is 45.7. The smallest absolute Gasteiger partial charge is 0.354 e. The van der Waals surface area contributed by atoms with Gasteiger partial charge in [0, 0.05) is 44.6 Å². The predicted octanol–water partition coefficient (Wildman–Crippen LogP) is 5.73. The molecule has 194 valence electrons. The molecule has 36 heavy (non-hydrogen) atoms. The van der Waals surface area contributed by atoms with E-state index in [9.17, 15) is 18.0 Å². The van der Waals surface area contributed by atoms with Gasteiger partial charge < -0.3 is 14.3 Å². The zero-order chi connectivity index (χ0) is 25.9. The highest BCUT2D eigenvalue weighted by Crippen LogP contribution is 2.37. The Bertz CT molecular complexity index is 1210. The zero-order valence-corrected chi connectivity index (χ0v) is 20.9. The van der Waals surface area contributed by atoms with Crippen LogP contribution in [0.25, 0.3) is 22.4 Å². The van der Waals surface area contributed by atoms with Gasteiger partial charge in [-0.05, 0) is 30.9 Å². The van der Waals surface area contributed by atoms with E-state index in [4.69, 9.17) is 9.51 Å². The number of amides is 1. The summed E-state index contributed by atoms with van der Waals surface area (Å²) in [6.45, 7) is 8.61. The van der Waals surface area contributed by atoms with E-state index in [-0.39, 0.29) is 22.9 Å². The van der Waals surface area contributed by atoms with Crippen molar-refractivity contribution < 1.29 is 22.5 Å². The van der Waals surface area contributed by atoms with Crippen molar-refractivity contribution in [2.45, 2.75) is 59.1 Å². The summed E-state index contributed by atoms with van der Waals surface area (Å²) in [4.78, 5) is 26.0. The van der Waals surface area contributed by atoms with Gasteiger partial charge in [0.1, 0.15) is 22.7 Å². The van der Waals surface area contributed by atoms with Gasteiger partial charge >= 0.3 is 6.18 Å². The molecule has 0 N–H and O–H groups in total. The Hall–Kier alpha value is -3.17. The standard InChI is InChI=1S/C26H32F3N5O2/c1-4-5-10-21(35)33-11-7-12-34(14-13-33)24-22-23(18-8-6-9-19(16-18)26(27,28)29)32-36-25(22)31-20(30-24)15-17(2)3/h6,8-9,16-17H,4-5,7,10-15H2,1-3H3. The third-order valence-corrected chi connectivity index (χ3v) is 6.31. The van der Waals surface area contributed by atoms with Crippen molar-refractivity contribution in [1.29, 1.82) is 0 Å². The molecular weight excluding hydrogens is 471 g/mol. The first-order valence-electron chi connectivity index (χ1n) is 12.5. The normalized spacial score (nSPS) is 15.1. The molecule has 0 spiro atoms. The minimum atomic E-state index is -4.47. The molecule has 0 aliphatic carbocycles. The van der Waals surface area contributed by atoms with Crippen molar-refractivity contribution in [2.75, 3.05) is 31.1 Å². The van der Waals surface area contributed by atoms with Crippen LogP contribution in [0.3, 0.4) is 0 Å². The SMILES string of the molecule is CCCCC(=O)N1CCCN(c2nc(CC(C)C)nc3onc(-c4cccc(C(F)(F)F)c4)c23)CC1. The lowest BCUT2D eigenvalue weighted by atomic mass is 10.1. The van der Waals surface area contributed by atoms with Gasteiger partial charge in [0.2, 0.25) is 5.91 Å². The Morgan fingerprint density at radius 2 is 1.94 bits per heavy atom. The third kappa shape index (κ3) is 5.79. The molecule has 1 saturated heterocycles. The molecule has 0 saturated carbocycles. The van der Waals surface area contributed by atoms with Gasteiger partial charge in [-0.2, -0.15) is 18.2 Å². The van der Waals surface area contributed by atoms with Crippen molar-refractivity contribution in [3.05, 3.63) is 35.7 Å². The second-order valence-electron chi connectivity index (χ2n) is 9.68. The summed E-state index contributed by atoms with van der Waals surface area (Å²) >= 11 is 0. The second-order valence-corrected chi connectivity index (χ2v) is 9.68. The van der Waals surface area contributed by atoms with Crippen molar-refractivity contribution in [1.82, 2.24) is 20.0 Å². The van der Waals surface area contributed by atoms with Gasteiger partial charge in [-0.3, -0.25) is 4.79 Å². The van der Waals surface area contributed by atoms with Crippen LogP contribution in [0.1, 0.15) is 57.8 Å². The number of unbranched alkanes of at least 4 members (excludes halogenated alkanes) is 1. The molecule has 10 heteroatoms. The predicted molar refractivity (Wildman–Crippen MR) is 132 cm³/mol. The van der Waals surface area contributed by atoms with Gasteiger partial charge in [-0.25, -0.2) is 4.98 Å². The van der Waals surface area contributed by atoms with Crippen LogP contribution in [-0.2, 0) is 17.4 Å². The molecule has 1 aliphatic rings. The molecular formula is C26H32F3N5O2. The van der Waals surface area contributed by atoms with Crippen LogP contribution in [0, 0.1) is 5.92 Å². The number of carbonyl (C=O) groups excluding carboxylic acids is 1. The number of nitrogens with zero attached hydrogens (tertiary/aromatic N) is 5. The fourth-order valence-corrected chi connectivity index (χ4v) is 4.47. The van der Waals surface area contributed by atoms with Gasteiger partial charge in [-0.15, -0.1) is 0 Å². The van der Waals surface area contributed by atoms with Gasteiger partial charge in [-0.1, -0.05) is 44.5 Å². The van der Waals surface area contributed by atoms with Crippen LogP contribution in [0.5, 0.6) is 0 Å². The maximum atomic E-state index is 13.4. The van der Waals surface area contributed by atoms with Gasteiger partial charge in [0.25, 0.3) is 5.71 Å². The van der Waals surface area contributed by atoms with Crippen LogP contribution in [0.4, 0.5) is 19.0 Å². The average Bonchev–Trinajstić information content (AvgIpc) is 3.10. The molecule has 4 rings (SSSR count). The van der Waals surface area contributed by atoms with Crippen LogP contribution in [0.15, 0.2) is 28.8 Å². The summed E-state index contributed by atoms with van der Waals surface area (Å²) in [5, 5.41) is 4.62. The maximum Gasteiger partial charge on any atom is 0.416 e. The molecule has 0 atom stereocenters. The number of benzene rings is 1. The summed E-state index contributed by atoms with van der Waals surface area (Å²) in [6.07, 6.45) is -0.721. The zero-order valence-electron chi connectivity index (χ0n) is 20.9. The first kappa shape index (κ1) is 25.9. The average molecular weight is 504 g/mol. The van der Waals surface area contributed by atoms with E-state index >= 15 is 0 Å². The molecule has 0 bridgehead atoms. The molecule has 3 aromatic rings. The quantitative estimate of drug-likeness (QED) is 0.410. The molecule has 0 radical (unpaired) electrons. The lowest BCUT2D eigenvalue weighted by Crippen LogP contribution is -2.35. The minimum Gasteiger partial charge on any atom is -0.354 e. The van der Waals surface area contributed by atoms with Crippen LogP contribution >= 0.6 is 0 Å².